The molecule has 0 aromatic heterocycles. The SMILES string of the molecule is COc1ccc(C[C@@H]2NC(=O)c3ccc(OC)c(c3)CCCNC(=O)CN(C(=O)c3ccc4c(c3)OCC(=O)N4)C[C@H](CC(C)C)NC2=O)cc1. The Labute approximate surface area is 297 Å². The van der Waals surface area contributed by atoms with Crippen LogP contribution < -0.4 is 35.5 Å². The second-order valence-corrected chi connectivity index (χ2v) is 13.1. The molecule has 5 amide bonds. The Bertz CT molecular complexity index is 1760. The molecule has 0 radical (unpaired) electrons. The molecule has 270 valence electrons. The average Bonchev–Trinajstić information content (AvgIpc) is 3.11. The summed E-state index contributed by atoms with van der Waals surface area (Å²) in [6, 6.07) is 15.5. The van der Waals surface area contributed by atoms with E-state index in [2.05, 4.69) is 21.3 Å². The second-order valence-electron chi connectivity index (χ2n) is 13.1. The number of ether oxygens (including phenoxy) is 3. The molecule has 2 atom stereocenters. The van der Waals surface area contributed by atoms with Gasteiger partial charge in [0, 0.05) is 36.7 Å². The van der Waals surface area contributed by atoms with Gasteiger partial charge in [-0.1, -0.05) is 26.0 Å². The first-order valence-electron chi connectivity index (χ1n) is 17.1. The van der Waals surface area contributed by atoms with Crippen LogP contribution in [0.5, 0.6) is 17.2 Å². The highest BCUT2D eigenvalue weighted by Gasteiger charge is 2.29. The van der Waals surface area contributed by atoms with Crippen LogP contribution in [-0.2, 0) is 27.2 Å². The molecule has 0 fully saturated rings. The zero-order valence-corrected chi connectivity index (χ0v) is 29.4. The molecule has 0 aliphatic carbocycles. The van der Waals surface area contributed by atoms with E-state index in [1.165, 1.54) is 11.0 Å². The van der Waals surface area contributed by atoms with Gasteiger partial charge in [-0.25, -0.2) is 0 Å². The van der Waals surface area contributed by atoms with Gasteiger partial charge in [-0.3, -0.25) is 24.0 Å². The highest BCUT2D eigenvalue weighted by molar-refractivity contribution is 6.00. The molecule has 2 aliphatic heterocycles. The monoisotopic (exact) mass is 699 g/mol. The van der Waals surface area contributed by atoms with Crippen molar-refractivity contribution in [3.63, 3.8) is 0 Å². The summed E-state index contributed by atoms with van der Waals surface area (Å²) in [7, 11) is 3.12. The zero-order valence-electron chi connectivity index (χ0n) is 29.4. The molecule has 3 aromatic rings. The third-order valence-corrected chi connectivity index (χ3v) is 8.73. The first-order valence-corrected chi connectivity index (χ1v) is 17.1. The number of amides is 5. The van der Waals surface area contributed by atoms with Gasteiger partial charge < -0.3 is 40.4 Å². The Morgan fingerprint density at radius 3 is 2.45 bits per heavy atom. The number of rotatable bonds is 7. The van der Waals surface area contributed by atoms with Crippen molar-refractivity contribution in [2.45, 2.75) is 51.6 Å². The molecular weight excluding hydrogens is 654 g/mol. The number of methoxy groups -OCH3 is 2. The van der Waals surface area contributed by atoms with Crippen molar-refractivity contribution < 1.29 is 38.2 Å². The highest BCUT2D eigenvalue weighted by Crippen LogP contribution is 2.29. The van der Waals surface area contributed by atoms with Crippen LogP contribution in [0.3, 0.4) is 0 Å². The largest absolute Gasteiger partial charge is 0.497 e. The van der Waals surface area contributed by atoms with E-state index in [1.807, 2.05) is 26.0 Å². The lowest BCUT2D eigenvalue weighted by Crippen LogP contribution is -2.54. The molecular formula is C38H45N5O8. The van der Waals surface area contributed by atoms with Crippen LogP contribution in [0.25, 0.3) is 0 Å². The van der Waals surface area contributed by atoms with E-state index < -0.39 is 29.8 Å². The Hall–Kier alpha value is -5.59. The number of anilines is 1. The highest BCUT2D eigenvalue weighted by atomic mass is 16.5. The maximum atomic E-state index is 14.1. The fourth-order valence-corrected chi connectivity index (χ4v) is 6.22. The number of nitrogens with one attached hydrogen (secondary N) is 4. The maximum Gasteiger partial charge on any atom is 0.262 e. The Morgan fingerprint density at radius 2 is 1.73 bits per heavy atom. The van der Waals surface area contributed by atoms with Gasteiger partial charge in [-0.15, -0.1) is 0 Å². The average molecular weight is 700 g/mol. The van der Waals surface area contributed by atoms with E-state index in [9.17, 15) is 24.0 Å². The molecule has 13 heteroatoms. The number of hydrogen-bond acceptors (Lipinski definition) is 8. The van der Waals surface area contributed by atoms with Gasteiger partial charge in [-0.05, 0) is 84.8 Å². The number of fused-ring (bicyclic) bond motifs is 3. The summed E-state index contributed by atoms with van der Waals surface area (Å²) in [5.74, 6) is -0.238. The summed E-state index contributed by atoms with van der Waals surface area (Å²) in [5.41, 5.74) is 2.66. The first-order chi connectivity index (χ1) is 24.5. The predicted octanol–water partition coefficient (Wildman–Crippen LogP) is 3.11. The second kappa shape index (κ2) is 16.9. The summed E-state index contributed by atoms with van der Waals surface area (Å²) in [5, 5.41) is 11.7. The quantitative estimate of drug-likeness (QED) is 0.292. The van der Waals surface area contributed by atoms with E-state index in [1.54, 1.807) is 56.7 Å². The molecule has 2 bridgehead atoms. The van der Waals surface area contributed by atoms with Crippen LogP contribution in [-0.4, -0.2) is 87.0 Å². The summed E-state index contributed by atoms with van der Waals surface area (Å²) in [6.45, 7) is 3.90. The van der Waals surface area contributed by atoms with Crippen LogP contribution in [0, 0.1) is 5.92 Å². The molecule has 5 rings (SSSR count). The van der Waals surface area contributed by atoms with Crippen molar-refractivity contribution in [3.05, 3.63) is 82.9 Å². The molecule has 0 spiro atoms. The summed E-state index contributed by atoms with van der Waals surface area (Å²) < 4.78 is 16.4. The van der Waals surface area contributed by atoms with Crippen LogP contribution in [0.2, 0.25) is 0 Å². The molecule has 3 aromatic carbocycles. The lowest BCUT2D eigenvalue weighted by Gasteiger charge is -2.30. The van der Waals surface area contributed by atoms with Gasteiger partial charge >= 0.3 is 0 Å². The predicted molar refractivity (Wildman–Crippen MR) is 190 cm³/mol. The van der Waals surface area contributed by atoms with Crippen molar-refractivity contribution in [2.24, 2.45) is 5.92 Å². The first kappa shape index (κ1) is 36.7. The number of carbonyl (C=O) groups excluding carboxylic acids is 5. The Balaban J connectivity index is 1.48. The molecule has 4 N–H and O–H groups in total. The molecule has 0 unspecified atom stereocenters. The third-order valence-electron chi connectivity index (χ3n) is 8.73. The standard InChI is InChI=1S/C38H45N5O8/c1-23(2)16-28-20-43(38(48)27-9-13-30-33(19-27)51-22-35(45)41-30)21-34(44)39-15-5-6-25-18-26(10-14-32(25)50-4)36(46)42-31(37(47)40-28)17-24-7-11-29(49-3)12-8-24/h7-14,18-19,23,28,31H,5-6,15-17,20-22H2,1-4H3,(H,39,44)(H,40,47)(H,41,45)(H,42,46)/t28-,31-/m0/s1. The van der Waals surface area contributed by atoms with Crippen molar-refractivity contribution in [1.82, 2.24) is 20.9 Å². The van der Waals surface area contributed by atoms with Crippen LogP contribution in [0.1, 0.15) is 58.5 Å². The number of nitrogens with zero attached hydrogens (tertiary/aromatic N) is 1. The summed E-state index contributed by atoms with van der Waals surface area (Å²) in [6.07, 6.45) is 1.73. The summed E-state index contributed by atoms with van der Waals surface area (Å²) in [4.78, 5) is 68.5. The van der Waals surface area contributed by atoms with Crippen LogP contribution in [0.4, 0.5) is 5.69 Å². The number of carbonyl (C=O) groups is 5. The van der Waals surface area contributed by atoms with E-state index in [4.69, 9.17) is 14.2 Å². The number of hydrogen-bond donors (Lipinski definition) is 4. The van der Waals surface area contributed by atoms with E-state index in [0.29, 0.717) is 54.3 Å². The lowest BCUT2D eigenvalue weighted by molar-refractivity contribution is -0.124. The number of aryl methyl sites for hydroxylation is 1. The minimum atomic E-state index is -0.970. The van der Waals surface area contributed by atoms with Crippen LogP contribution >= 0.6 is 0 Å². The number of benzene rings is 3. The third kappa shape index (κ3) is 9.77. The van der Waals surface area contributed by atoms with Gasteiger partial charge in [0.2, 0.25) is 11.8 Å². The summed E-state index contributed by atoms with van der Waals surface area (Å²) >= 11 is 0. The minimum Gasteiger partial charge on any atom is -0.497 e. The zero-order chi connectivity index (χ0) is 36.5. The molecule has 51 heavy (non-hydrogen) atoms. The lowest BCUT2D eigenvalue weighted by atomic mass is 10.00. The van der Waals surface area contributed by atoms with Gasteiger partial charge in [0.1, 0.15) is 23.3 Å². The van der Waals surface area contributed by atoms with E-state index in [-0.39, 0.29) is 49.4 Å². The molecule has 2 aliphatic rings. The van der Waals surface area contributed by atoms with Crippen LogP contribution in [0.15, 0.2) is 60.7 Å². The van der Waals surface area contributed by atoms with Gasteiger partial charge in [0.25, 0.3) is 17.7 Å². The van der Waals surface area contributed by atoms with E-state index in [0.717, 1.165) is 11.1 Å². The van der Waals surface area contributed by atoms with E-state index >= 15 is 0 Å². The topological polar surface area (TPSA) is 164 Å². The normalized spacial score (nSPS) is 18.6. The Morgan fingerprint density at radius 1 is 0.941 bits per heavy atom. The molecule has 2 heterocycles. The maximum absolute atomic E-state index is 14.1. The van der Waals surface area contributed by atoms with Crippen molar-refractivity contribution in [2.75, 3.05) is 45.8 Å². The molecule has 0 saturated carbocycles. The van der Waals surface area contributed by atoms with Gasteiger partial charge in [0.15, 0.2) is 6.61 Å². The fraction of sp³-hybridized carbons (Fsp3) is 0.395. The van der Waals surface area contributed by atoms with Crippen molar-refractivity contribution >= 4 is 35.2 Å². The Kier molecular flexibility index (Phi) is 12.1. The molecule has 0 saturated heterocycles. The van der Waals surface area contributed by atoms with Crippen molar-refractivity contribution in [3.8, 4) is 17.2 Å². The van der Waals surface area contributed by atoms with Crippen molar-refractivity contribution in [1.29, 1.82) is 0 Å². The minimum absolute atomic E-state index is 0.0199. The van der Waals surface area contributed by atoms with Gasteiger partial charge in [-0.2, -0.15) is 0 Å². The molecule has 13 nitrogen and oxygen atoms in total. The van der Waals surface area contributed by atoms with Gasteiger partial charge in [0.05, 0.1) is 26.5 Å². The smallest absolute Gasteiger partial charge is 0.262 e. The fourth-order valence-electron chi connectivity index (χ4n) is 6.22.